The molecule has 3 heterocycles. The number of nitrogens with one attached hydrogen (secondary N) is 2. The third-order valence-electron chi connectivity index (χ3n) is 6.33. The smallest absolute Gasteiger partial charge is 0.321 e. The molecule has 3 aromatic rings. The normalized spacial score (nSPS) is 13.9. The molecule has 1 aromatic carbocycles. The molecule has 0 radical (unpaired) electrons. The van der Waals surface area contributed by atoms with Gasteiger partial charge in [0.25, 0.3) is 5.91 Å². The van der Waals surface area contributed by atoms with Crippen LogP contribution >= 0.6 is 0 Å². The van der Waals surface area contributed by atoms with Gasteiger partial charge in [0.2, 0.25) is 0 Å². The highest BCUT2D eigenvalue weighted by molar-refractivity contribution is 5.95. The Morgan fingerprint density at radius 2 is 1.91 bits per heavy atom. The summed E-state index contributed by atoms with van der Waals surface area (Å²) >= 11 is 0. The van der Waals surface area contributed by atoms with Crippen molar-refractivity contribution in [1.29, 1.82) is 0 Å². The summed E-state index contributed by atoms with van der Waals surface area (Å²) < 4.78 is 5.24. The van der Waals surface area contributed by atoms with E-state index in [2.05, 4.69) is 15.6 Å². The Morgan fingerprint density at radius 1 is 1.11 bits per heavy atom. The number of hydrogen-bond donors (Lipinski definition) is 2. The van der Waals surface area contributed by atoms with Crippen LogP contribution in [0, 0.1) is 13.8 Å². The largest absolute Gasteiger partial charge is 0.497 e. The van der Waals surface area contributed by atoms with Gasteiger partial charge in [-0.1, -0.05) is 6.07 Å². The van der Waals surface area contributed by atoms with E-state index in [0.717, 1.165) is 46.8 Å². The minimum absolute atomic E-state index is 0.112. The Balaban J connectivity index is 1.39. The molecule has 0 bridgehead atoms. The number of anilines is 1. The Bertz CT molecular complexity index is 1190. The van der Waals surface area contributed by atoms with E-state index >= 15 is 0 Å². The van der Waals surface area contributed by atoms with E-state index < -0.39 is 0 Å². The minimum Gasteiger partial charge on any atom is -0.497 e. The van der Waals surface area contributed by atoms with Crippen molar-refractivity contribution in [2.45, 2.75) is 39.2 Å². The first-order valence-corrected chi connectivity index (χ1v) is 11.8. The van der Waals surface area contributed by atoms with E-state index in [1.165, 1.54) is 0 Å². The van der Waals surface area contributed by atoms with Crippen molar-refractivity contribution in [3.8, 4) is 5.75 Å². The van der Waals surface area contributed by atoms with E-state index in [1.54, 1.807) is 19.5 Å². The molecule has 182 valence electrons. The van der Waals surface area contributed by atoms with Gasteiger partial charge < -0.3 is 20.3 Å². The molecule has 0 saturated carbocycles. The molecule has 0 unspecified atom stereocenters. The van der Waals surface area contributed by atoms with Gasteiger partial charge >= 0.3 is 6.03 Å². The number of nitrogens with zero attached hydrogens (tertiary/aromatic N) is 3. The SMILES string of the molecule is COc1ccc(NC(=O)N2CCC(c3nc(C)ccc3C(=O)NCc3cccnc3)CC2)c(C)c1. The second-order valence-electron chi connectivity index (χ2n) is 8.80. The average Bonchev–Trinajstić information content (AvgIpc) is 2.89. The van der Waals surface area contributed by atoms with E-state index in [1.807, 2.05) is 61.2 Å². The number of amides is 3. The van der Waals surface area contributed by atoms with Gasteiger partial charge in [-0.3, -0.25) is 14.8 Å². The van der Waals surface area contributed by atoms with Crippen molar-refractivity contribution in [3.05, 3.63) is 82.9 Å². The quantitative estimate of drug-likeness (QED) is 0.552. The van der Waals surface area contributed by atoms with Crippen LogP contribution in [0.2, 0.25) is 0 Å². The summed E-state index contributed by atoms with van der Waals surface area (Å²) in [4.78, 5) is 36.5. The molecular formula is C27H31N5O3. The van der Waals surface area contributed by atoms with Gasteiger partial charge in [0, 0.05) is 49.3 Å². The third kappa shape index (κ3) is 5.95. The Labute approximate surface area is 205 Å². The predicted octanol–water partition coefficient (Wildman–Crippen LogP) is 4.44. The maximum absolute atomic E-state index is 13.0. The zero-order valence-corrected chi connectivity index (χ0v) is 20.4. The fourth-order valence-electron chi connectivity index (χ4n) is 4.31. The first-order chi connectivity index (χ1) is 16.9. The molecule has 4 rings (SSSR count). The molecule has 1 fully saturated rings. The number of carbonyl (C=O) groups is 2. The zero-order chi connectivity index (χ0) is 24.8. The average molecular weight is 474 g/mol. The first kappa shape index (κ1) is 24.2. The number of pyridine rings is 2. The Morgan fingerprint density at radius 3 is 2.60 bits per heavy atom. The Kier molecular flexibility index (Phi) is 7.60. The van der Waals surface area contributed by atoms with Gasteiger partial charge in [-0.25, -0.2) is 4.79 Å². The number of aromatic nitrogens is 2. The van der Waals surface area contributed by atoms with Gasteiger partial charge in [0.15, 0.2) is 0 Å². The highest BCUT2D eigenvalue weighted by Gasteiger charge is 2.28. The molecule has 1 aliphatic rings. The van der Waals surface area contributed by atoms with E-state index in [0.29, 0.717) is 25.2 Å². The molecule has 1 saturated heterocycles. The number of aryl methyl sites for hydroxylation is 2. The summed E-state index contributed by atoms with van der Waals surface area (Å²) in [6.07, 6.45) is 4.93. The van der Waals surface area contributed by atoms with Crippen LogP contribution in [0.4, 0.5) is 10.5 Å². The molecule has 1 aliphatic heterocycles. The number of hydrogen-bond acceptors (Lipinski definition) is 5. The second-order valence-corrected chi connectivity index (χ2v) is 8.80. The first-order valence-electron chi connectivity index (χ1n) is 11.8. The fourth-order valence-corrected chi connectivity index (χ4v) is 4.31. The van der Waals surface area contributed by atoms with Crippen LogP contribution in [-0.2, 0) is 6.54 Å². The molecule has 0 spiro atoms. The third-order valence-corrected chi connectivity index (χ3v) is 6.33. The summed E-state index contributed by atoms with van der Waals surface area (Å²) in [5.74, 6) is 0.722. The molecular weight excluding hydrogens is 442 g/mol. The lowest BCUT2D eigenvalue weighted by atomic mass is 9.90. The van der Waals surface area contributed by atoms with Crippen molar-refractivity contribution in [1.82, 2.24) is 20.2 Å². The lowest BCUT2D eigenvalue weighted by Crippen LogP contribution is -2.41. The zero-order valence-electron chi connectivity index (χ0n) is 20.4. The maximum Gasteiger partial charge on any atom is 0.321 e. The number of urea groups is 1. The second kappa shape index (κ2) is 11.0. The number of rotatable bonds is 6. The van der Waals surface area contributed by atoms with Crippen LogP contribution in [0.5, 0.6) is 5.75 Å². The van der Waals surface area contributed by atoms with Crippen LogP contribution in [0.3, 0.4) is 0 Å². The molecule has 0 aliphatic carbocycles. The number of carbonyl (C=O) groups excluding carboxylic acids is 2. The molecule has 3 amide bonds. The summed E-state index contributed by atoms with van der Waals surface area (Å²) in [6.45, 7) is 5.47. The minimum atomic E-state index is -0.147. The highest BCUT2D eigenvalue weighted by Crippen LogP contribution is 2.30. The molecule has 0 atom stereocenters. The van der Waals surface area contributed by atoms with Gasteiger partial charge in [-0.05, 0) is 74.2 Å². The van der Waals surface area contributed by atoms with Crippen LogP contribution < -0.4 is 15.4 Å². The van der Waals surface area contributed by atoms with Crippen LogP contribution in [0.15, 0.2) is 54.9 Å². The molecule has 8 nitrogen and oxygen atoms in total. The summed E-state index contributed by atoms with van der Waals surface area (Å²) in [7, 11) is 1.62. The monoisotopic (exact) mass is 473 g/mol. The van der Waals surface area contributed by atoms with Crippen molar-refractivity contribution >= 4 is 17.6 Å². The van der Waals surface area contributed by atoms with Crippen molar-refractivity contribution in [3.63, 3.8) is 0 Å². The fraction of sp³-hybridized carbons (Fsp3) is 0.333. The van der Waals surface area contributed by atoms with Crippen LogP contribution in [0.1, 0.15) is 51.6 Å². The molecule has 35 heavy (non-hydrogen) atoms. The van der Waals surface area contributed by atoms with Gasteiger partial charge in [0.05, 0.1) is 18.4 Å². The van der Waals surface area contributed by atoms with Crippen molar-refractivity contribution < 1.29 is 14.3 Å². The summed E-state index contributed by atoms with van der Waals surface area (Å²) in [5, 5.41) is 5.98. The molecule has 2 N–H and O–H groups in total. The van der Waals surface area contributed by atoms with E-state index in [-0.39, 0.29) is 17.9 Å². The lowest BCUT2D eigenvalue weighted by Gasteiger charge is -2.32. The van der Waals surface area contributed by atoms with E-state index in [9.17, 15) is 9.59 Å². The molecule has 2 aromatic heterocycles. The topological polar surface area (TPSA) is 96.5 Å². The van der Waals surface area contributed by atoms with Gasteiger partial charge in [-0.15, -0.1) is 0 Å². The number of methoxy groups -OCH3 is 1. The van der Waals surface area contributed by atoms with E-state index in [4.69, 9.17) is 9.72 Å². The van der Waals surface area contributed by atoms with Crippen LogP contribution in [-0.4, -0.2) is 47.0 Å². The predicted molar refractivity (Wildman–Crippen MR) is 135 cm³/mol. The number of benzene rings is 1. The number of likely N-dealkylation sites (tertiary alicyclic amines) is 1. The number of ether oxygens (including phenoxy) is 1. The Hall–Kier alpha value is -3.94. The van der Waals surface area contributed by atoms with Crippen LogP contribution in [0.25, 0.3) is 0 Å². The standard InChI is InChI=1S/C27H31N5O3/c1-18-15-22(35-3)7-9-24(18)31-27(34)32-13-10-21(11-14-32)25-23(8-6-19(2)30-25)26(33)29-17-20-5-4-12-28-16-20/h4-9,12,15-16,21H,10-11,13-14,17H2,1-3H3,(H,29,33)(H,31,34). The summed E-state index contributed by atoms with van der Waals surface area (Å²) in [6, 6.07) is 12.9. The van der Waals surface area contributed by atoms with Gasteiger partial charge in [0.1, 0.15) is 5.75 Å². The van der Waals surface area contributed by atoms with Crippen molar-refractivity contribution in [2.75, 3.05) is 25.5 Å². The maximum atomic E-state index is 13.0. The van der Waals surface area contributed by atoms with Gasteiger partial charge in [-0.2, -0.15) is 0 Å². The highest BCUT2D eigenvalue weighted by atomic mass is 16.5. The lowest BCUT2D eigenvalue weighted by molar-refractivity contribution is 0.0948. The number of piperidine rings is 1. The summed E-state index contributed by atoms with van der Waals surface area (Å²) in [5.41, 5.74) is 4.92. The van der Waals surface area contributed by atoms with Crippen molar-refractivity contribution in [2.24, 2.45) is 0 Å². The molecule has 8 heteroatoms.